The van der Waals surface area contributed by atoms with Crippen LogP contribution in [0.5, 0.6) is 0 Å². The van der Waals surface area contributed by atoms with Gasteiger partial charge in [-0.2, -0.15) is 5.26 Å². The lowest BCUT2D eigenvalue weighted by molar-refractivity contribution is -0.125. The van der Waals surface area contributed by atoms with Crippen molar-refractivity contribution in [2.24, 2.45) is 0 Å². The monoisotopic (exact) mass is 428 g/mol. The predicted octanol–water partition coefficient (Wildman–Crippen LogP) is 1.94. The number of anilines is 1. The number of nitriles is 1. The number of carbonyl (C=O) groups excluding carboxylic acids is 2. The maximum absolute atomic E-state index is 12.6. The van der Waals surface area contributed by atoms with Crippen LogP contribution in [0.15, 0.2) is 59.5 Å². The van der Waals surface area contributed by atoms with E-state index in [1.165, 1.54) is 24.1 Å². The lowest BCUT2D eigenvalue weighted by atomic mass is 10.2. The Labute approximate surface area is 176 Å². The number of sulfonamides is 1. The summed E-state index contributed by atoms with van der Waals surface area (Å²) in [5.74, 6) is -0.517. The van der Waals surface area contributed by atoms with Crippen LogP contribution in [0.1, 0.15) is 24.8 Å². The van der Waals surface area contributed by atoms with Gasteiger partial charge in [0.25, 0.3) is 0 Å². The second-order valence-corrected chi connectivity index (χ2v) is 8.30. The molecule has 0 aliphatic heterocycles. The minimum Gasteiger partial charge on any atom is -0.352 e. The fraction of sp³-hybridized carbons (Fsp3) is 0.286. The number of rotatable bonds is 10. The molecular weight excluding hydrogens is 404 g/mol. The van der Waals surface area contributed by atoms with Gasteiger partial charge in [0.2, 0.25) is 21.8 Å². The molecule has 2 amide bonds. The quantitative estimate of drug-likeness (QED) is 0.599. The molecule has 0 saturated heterocycles. The minimum atomic E-state index is -3.50. The molecular formula is C21H24N4O4S. The molecule has 0 aliphatic carbocycles. The molecule has 158 valence electrons. The van der Waals surface area contributed by atoms with Crippen molar-refractivity contribution < 1.29 is 18.0 Å². The average molecular weight is 429 g/mol. The van der Waals surface area contributed by atoms with Crippen LogP contribution in [0.3, 0.4) is 0 Å². The van der Waals surface area contributed by atoms with Gasteiger partial charge in [-0.25, -0.2) is 13.1 Å². The van der Waals surface area contributed by atoms with Crippen molar-refractivity contribution in [1.29, 1.82) is 5.26 Å². The SMILES string of the molecule is CNS(=O)(=O)c1ccc(CNC(=O)CCC(=O)N(CCC#N)c2ccccc2)cc1. The summed E-state index contributed by atoms with van der Waals surface area (Å²) in [5, 5.41) is 11.5. The van der Waals surface area contributed by atoms with Crippen LogP contribution in [0.2, 0.25) is 0 Å². The first-order valence-electron chi connectivity index (χ1n) is 9.39. The highest BCUT2D eigenvalue weighted by molar-refractivity contribution is 7.89. The molecule has 0 heterocycles. The zero-order chi connectivity index (χ0) is 22.0. The lowest BCUT2D eigenvalue weighted by Crippen LogP contribution is -2.33. The first-order chi connectivity index (χ1) is 14.4. The second-order valence-electron chi connectivity index (χ2n) is 6.42. The summed E-state index contributed by atoms with van der Waals surface area (Å²) in [6, 6.07) is 17.2. The van der Waals surface area contributed by atoms with Crippen molar-refractivity contribution in [2.45, 2.75) is 30.7 Å². The number of carbonyl (C=O) groups is 2. The van der Waals surface area contributed by atoms with Crippen LogP contribution in [0.4, 0.5) is 5.69 Å². The maximum Gasteiger partial charge on any atom is 0.240 e. The highest BCUT2D eigenvalue weighted by Crippen LogP contribution is 2.16. The van der Waals surface area contributed by atoms with Crippen molar-refractivity contribution in [3.63, 3.8) is 0 Å². The van der Waals surface area contributed by atoms with Gasteiger partial charge >= 0.3 is 0 Å². The molecule has 2 N–H and O–H groups in total. The zero-order valence-corrected chi connectivity index (χ0v) is 17.5. The van der Waals surface area contributed by atoms with Crippen LogP contribution < -0.4 is 14.9 Å². The Bertz CT molecular complexity index is 1000. The molecule has 0 saturated carbocycles. The van der Waals surface area contributed by atoms with Crippen LogP contribution in [0.25, 0.3) is 0 Å². The molecule has 2 rings (SSSR count). The summed E-state index contributed by atoms with van der Waals surface area (Å²) in [5.41, 5.74) is 1.43. The Morgan fingerprint density at radius 3 is 2.30 bits per heavy atom. The van der Waals surface area contributed by atoms with Gasteiger partial charge in [0.05, 0.1) is 17.4 Å². The van der Waals surface area contributed by atoms with E-state index in [0.717, 1.165) is 5.56 Å². The topological polar surface area (TPSA) is 119 Å². The molecule has 0 radical (unpaired) electrons. The molecule has 2 aromatic rings. The van der Waals surface area contributed by atoms with Crippen molar-refractivity contribution in [3.8, 4) is 6.07 Å². The molecule has 0 unspecified atom stereocenters. The van der Waals surface area contributed by atoms with E-state index in [4.69, 9.17) is 5.26 Å². The van der Waals surface area contributed by atoms with E-state index in [1.54, 1.807) is 24.3 Å². The van der Waals surface area contributed by atoms with Crippen LogP contribution >= 0.6 is 0 Å². The number of nitrogens with one attached hydrogen (secondary N) is 2. The molecule has 0 atom stereocenters. The van der Waals surface area contributed by atoms with E-state index < -0.39 is 10.0 Å². The highest BCUT2D eigenvalue weighted by atomic mass is 32.2. The average Bonchev–Trinajstić information content (AvgIpc) is 2.77. The molecule has 0 bridgehead atoms. The highest BCUT2D eigenvalue weighted by Gasteiger charge is 2.17. The Morgan fingerprint density at radius 1 is 1.03 bits per heavy atom. The first-order valence-corrected chi connectivity index (χ1v) is 10.9. The Kier molecular flexibility index (Phi) is 8.53. The standard InChI is InChI=1S/C21H24N4O4S/c1-23-30(28,29)19-10-8-17(9-11-19)16-24-20(26)12-13-21(27)25(15-5-14-22)18-6-3-2-4-7-18/h2-4,6-11,23H,5,12-13,15-16H2,1H3,(H,24,26). The first kappa shape index (κ1) is 23.1. The number of para-hydroxylation sites is 1. The smallest absolute Gasteiger partial charge is 0.240 e. The molecule has 0 aromatic heterocycles. The van der Waals surface area contributed by atoms with Crippen molar-refractivity contribution in [1.82, 2.24) is 10.0 Å². The van der Waals surface area contributed by atoms with Gasteiger partial charge in [-0.3, -0.25) is 9.59 Å². The van der Waals surface area contributed by atoms with Gasteiger partial charge < -0.3 is 10.2 Å². The van der Waals surface area contributed by atoms with E-state index in [-0.39, 0.29) is 49.1 Å². The summed E-state index contributed by atoms with van der Waals surface area (Å²) in [6.07, 6.45) is 0.235. The third-order valence-electron chi connectivity index (χ3n) is 4.37. The molecule has 2 aromatic carbocycles. The number of hydrogen-bond donors (Lipinski definition) is 2. The fourth-order valence-corrected chi connectivity index (χ4v) is 3.45. The second kappa shape index (κ2) is 11.1. The number of benzene rings is 2. The Morgan fingerprint density at radius 2 is 1.70 bits per heavy atom. The normalized spacial score (nSPS) is 10.8. The Balaban J connectivity index is 1.87. The zero-order valence-electron chi connectivity index (χ0n) is 16.7. The van der Waals surface area contributed by atoms with E-state index in [0.29, 0.717) is 5.69 Å². The molecule has 0 aliphatic rings. The molecule has 0 spiro atoms. The number of nitrogens with zero attached hydrogens (tertiary/aromatic N) is 2. The summed E-state index contributed by atoms with van der Waals surface area (Å²) in [6.45, 7) is 0.493. The number of amides is 2. The van der Waals surface area contributed by atoms with E-state index in [1.807, 2.05) is 24.3 Å². The van der Waals surface area contributed by atoms with Gasteiger partial charge in [-0.1, -0.05) is 30.3 Å². The van der Waals surface area contributed by atoms with E-state index in [2.05, 4.69) is 10.0 Å². The fourth-order valence-electron chi connectivity index (χ4n) is 2.72. The molecule has 0 fully saturated rings. The Hall–Kier alpha value is -3.22. The summed E-state index contributed by atoms with van der Waals surface area (Å²) in [7, 11) is -2.16. The minimum absolute atomic E-state index is 0.0148. The van der Waals surface area contributed by atoms with Gasteiger partial charge in [0.1, 0.15) is 0 Å². The summed E-state index contributed by atoms with van der Waals surface area (Å²) in [4.78, 5) is 26.3. The van der Waals surface area contributed by atoms with Crippen LogP contribution in [0, 0.1) is 11.3 Å². The molecule has 9 heteroatoms. The van der Waals surface area contributed by atoms with Crippen molar-refractivity contribution in [2.75, 3.05) is 18.5 Å². The summed E-state index contributed by atoms with van der Waals surface area (Å²) < 4.78 is 25.7. The molecule has 8 nitrogen and oxygen atoms in total. The maximum atomic E-state index is 12.6. The third-order valence-corrected chi connectivity index (χ3v) is 5.80. The lowest BCUT2D eigenvalue weighted by Gasteiger charge is -2.21. The summed E-state index contributed by atoms with van der Waals surface area (Å²) >= 11 is 0. The predicted molar refractivity (Wildman–Crippen MR) is 113 cm³/mol. The van der Waals surface area contributed by atoms with Crippen molar-refractivity contribution in [3.05, 3.63) is 60.2 Å². The van der Waals surface area contributed by atoms with E-state index >= 15 is 0 Å². The largest absolute Gasteiger partial charge is 0.352 e. The van der Waals surface area contributed by atoms with Gasteiger partial charge in [0.15, 0.2) is 0 Å². The van der Waals surface area contributed by atoms with Gasteiger partial charge in [0, 0.05) is 31.6 Å². The van der Waals surface area contributed by atoms with Crippen LogP contribution in [-0.4, -0.2) is 33.8 Å². The molecule has 30 heavy (non-hydrogen) atoms. The van der Waals surface area contributed by atoms with E-state index in [9.17, 15) is 18.0 Å². The van der Waals surface area contributed by atoms with Gasteiger partial charge in [-0.15, -0.1) is 0 Å². The third kappa shape index (κ3) is 6.69. The number of hydrogen-bond acceptors (Lipinski definition) is 5. The van der Waals surface area contributed by atoms with Gasteiger partial charge in [-0.05, 0) is 36.9 Å². The van der Waals surface area contributed by atoms with Crippen LogP contribution in [-0.2, 0) is 26.2 Å². The van der Waals surface area contributed by atoms with Crippen molar-refractivity contribution >= 4 is 27.5 Å².